The van der Waals surface area contributed by atoms with Gasteiger partial charge >= 0.3 is 0 Å². The summed E-state index contributed by atoms with van der Waals surface area (Å²) in [7, 11) is -3.38. The molecule has 0 bridgehead atoms. The molecule has 0 aliphatic carbocycles. The fourth-order valence-corrected chi connectivity index (χ4v) is 4.87. The third kappa shape index (κ3) is 3.51. The number of piperidine rings is 1. The molecule has 0 amide bonds. The number of piperazine rings is 1. The minimum absolute atomic E-state index is 0.256. The summed E-state index contributed by atoms with van der Waals surface area (Å²) in [5.41, 5.74) is 0.552. The second-order valence-corrected chi connectivity index (χ2v) is 8.36. The molecule has 1 aromatic carbocycles. The molecule has 0 radical (unpaired) electrons. The zero-order valence-corrected chi connectivity index (χ0v) is 14.3. The van der Waals surface area contributed by atoms with Crippen molar-refractivity contribution in [1.82, 2.24) is 8.61 Å². The molecule has 7 heteroatoms. The average molecular weight is 341 g/mol. The molecular weight excluding hydrogens is 317 g/mol. The van der Waals surface area contributed by atoms with Crippen molar-refractivity contribution in [3.05, 3.63) is 30.1 Å². The number of hydrogen-bond acceptors (Lipinski definition) is 3. The standard InChI is InChI=1S/C16H24FN3O2S/c1-14-6-8-19(9-7-14)23(21,22)20-12-10-18(11-13-20)16-5-3-2-4-15(16)17/h2-5,14H,6-13H2,1H3. The lowest BCUT2D eigenvalue weighted by Gasteiger charge is -2.39. The zero-order chi connectivity index (χ0) is 16.4. The van der Waals surface area contributed by atoms with Gasteiger partial charge in [0.1, 0.15) is 5.82 Å². The van der Waals surface area contributed by atoms with Gasteiger partial charge in [0.15, 0.2) is 0 Å². The topological polar surface area (TPSA) is 43.9 Å². The molecule has 0 unspecified atom stereocenters. The third-order valence-corrected chi connectivity index (χ3v) is 6.86. The predicted molar refractivity (Wildman–Crippen MR) is 89.1 cm³/mol. The molecular formula is C16H24FN3O2S. The molecule has 0 N–H and O–H groups in total. The molecule has 3 rings (SSSR count). The van der Waals surface area contributed by atoms with Crippen molar-refractivity contribution in [2.24, 2.45) is 5.92 Å². The minimum atomic E-state index is -3.38. The quantitative estimate of drug-likeness (QED) is 0.844. The summed E-state index contributed by atoms with van der Waals surface area (Å²) < 4.78 is 42.4. The number of halogens is 1. The van der Waals surface area contributed by atoms with E-state index in [1.54, 1.807) is 26.8 Å². The SMILES string of the molecule is CC1CCN(S(=O)(=O)N2CCN(c3ccccc3F)CC2)CC1. The Balaban J connectivity index is 1.63. The van der Waals surface area contributed by atoms with Crippen LogP contribution >= 0.6 is 0 Å². The number of rotatable bonds is 3. The van der Waals surface area contributed by atoms with Crippen LogP contribution in [0.4, 0.5) is 10.1 Å². The summed E-state index contributed by atoms with van der Waals surface area (Å²) in [6.45, 7) is 5.23. The molecule has 2 aliphatic rings. The summed E-state index contributed by atoms with van der Waals surface area (Å²) in [5, 5.41) is 0. The van der Waals surface area contributed by atoms with Gasteiger partial charge in [-0.3, -0.25) is 0 Å². The summed E-state index contributed by atoms with van der Waals surface area (Å²) in [6.07, 6.45) is 1.85. The lowest BCUT2D eigenvalue weighted by molar-refractivity contribution is 0.260. The average Bonchev–Trinajstić information content (AvgIpc) is 2.56. The van der Waals surface area contributed by atoms with E-state index in [0.717, 1.165) is 12.8 Å². The molecule has 23 heavy (non-hydrogen) atoms. The Labute approximate surface area is 137 Å². The van der Waals surface area contributed by atoms with Gasteiger partial charge in [-0.05, 0) is 30.9 Å². The van der Waals surface area contributed by atoms with Gasteiger partial charge in [-0.25, -0.2) is 4.39 Å². The lowest BCUT2D eigenvalue weighted by Crippen LogP contribution is -2.54. The molecule has 2 saturated heterocycles. The molecule has 128 valence electrons. The first kappa shape index (κ1) is 16.7. The molecule has 0 atom stereocenters. The van der Waals surface area contributed by atoms with Gasteiger partial charge < -0.3 is 4.90 Å². The van der Waals surface area contributed by atoms with E-state index < -0.39 is 10.2 Å². The highest BCUT2D eigenvalue weighted by atomic mass is 32.2. The van der Waals surface area contributed by atoms with E-state index >= 15 is 0 Å². The maximum absolute atomic E-state index is 13.9. The van der Waals surface area contributed by atoms with Gasteiger partial charge in [0, 0.05) is 39.3 Å². The van der Waals surface area contributed by atoms with E-state index in [-0.39, 0.29) is 5.82 Å². The van der Waals surface area contributed by atoms with E-state index in [0.29, 0.717) is 50.9 Å². The summed E-state index contributed by atoms with van der Waals surface area (Å²) in [4.78, 5) is 1.92. The summed E-state index contributed by atoms with van der Waals surface area (Å²) in [5.74, 6) is 0.341. The molecule has 0 spiro atoms. The van der Waals surface area contributed by atoms with Gasteiger partial charge in [-0.1, -0.05) is 19.1 Å². The highest BCUT2D eigenvalue weighted by molar-refractivity contribution is 7.86. The molecule has 2 heterocycles. The Kier molecular flexibility index (Phi) is 4.89. The van der Waals surface area contributed by atoms with E-state index in [4.69, 9.17) is 0 Å². The van der Waals surface area contributed by atoms with Crippen LogP contribution in [-0.2, 0) is 10.2 Å². The Morgan fingerprint density at radius 1 is 0.957 bits per heavy atom. The van der Waals surface area contributed by atoms with Gasteiger partial charge in [0.25, 0.3) is 10.2 Å². The predicted octanol–water partition coefficient (Wildman–Crippen LogP) is 1.92. The Morgan fingerprint density at radius 3 is 2.13 bits per heavy atom. The van der Waals surface area contributed by atoms with E-state index in [1.165, 1.54) is 6.07 Å². The highest BCUT2D eigenvalue weighted by Crippen LogP contribution is 2.24. The van der Waals surface area contributed by atoms with Crippen molar-refractivity contribution in [2.75, 3.05) is 44.2 Å². The van der Waals surface area contributed by atoms with Crippen LogP contribution in [0, 0.1) is 11.7 Å². The van der Waals surface area contributed by atoms with Crippen molar-refractivity contribution >= 4 is 15.9 Å². The van der Waals surface area contributed by atoms with Crippen LogP contribution in [0.3, 0.4) is 0 Å². The zero-order valence-electron chi connectivity index (χ0n) is 13.5. The van der Waals surface area contributed by atoms with Gasteiger partial charge in [-0.2, -0.15) is 17.0 Å². The van der Waals surface area contributed by atoms with Crippen molar-refractivity contribution < 1.29 is 12.8 Å². The maximum atomic E-state index is 13.9. The normalized spacial score (nSPS) is 22.4. The van der Waals surface area contributed by atoms with Crippen LogP contribution in [0.5, 0.6) is 0 Å². The van der Waals surface area contributed by atoms with Crippen LogP contribution in [-0.4, -0.2) is 56.3 Å². The molecule has 0 saturated carbocycles. The molecule has 2 fully saturated rings. The van der Waals surface area contributed by atoms with Crippen molar-refractivity contribution in [3.8, 4) is 0 Å². The fraction of sp³-hybridized carbons (Fsp3) is 0.625. The molecule has 1 aromatic rings. The Hall–Kier alpha value is -1.18. The van der Waals surface area contributed by atoms with Crippen molar-refractivity contribution in [1.29, 1.82) is 0 Å². The molecule has 5 nitrogen and oxygen atoms in total. The first-order chi connectivity index (χ1) is 11.0. The van der Waals surface area contributed by atoms with Crippen LogP contribution in [0.25, 0.3) is 0 Å². The molecule has 2 aliphatic heterocycles. The van der Waals surface area contributed by atoms with Crippen LogP contribution < -0.4 is 4.90 Å². The van der Waals surface area contributed by atoms with E-state index in [2.05, 4.69) is 6.92 Å². The van der Waals surface area contributed by atoms with Crippen LogP contribution in [0.1, 0.15) is 19.8 Å². The van der Waals surface area contributed by atoms with Crippen molar-refractivity contribution in [3.63, 3.8) is 0 Å². The maximum Gasteiger partial charge on any atom is 0.282 e. The lowest BCUT2D eigenvalue weighted by atomic mass is 10.0. The minimum Gasteiger partial charge on any atom is -0.367 e. The second kappa shape index (κ2) is 6.75. The summed E-state index contributed by atoms with van der Waals surface area (Å²) >= 11 is 0. The third-order valence-electron chi connectivity index (χ3n) is 4.83. The first-order valence-electron chi connectivity index (χ1n) is 8.23. The highest BCUT2D eigenvalue weighted by Gasteiger charge is 2.34. The monoisotopic (exact) mass is 341 g/mol. The molecule has 0 aromatic heterocycles. The van der Waals surface area contributed by atoms with Crippen LogP contribution in [0.15, 0.2) is 24.3 Å². The van der Waals surface area contributed by atoms with E-state index in [1.807, 2.05) is 4.90 Å². The second-order valence-electron chi connectivity index (χ2n) is 6.43. The van der Waals surface area contributed by atoms with Gasteiger partial charge in [0.2, 0.25) is 0 Å². The number of anilines is 1. The Bertz CT molecular complexity index is 636. The largest absolute Gasteiger partial charge is 0.367 e. The van der Waals surface area contributed by atoms with Gasteiger partial charge in [0.05, 0.1) is 5.69 Å². The smallest absolute Gasteiger partial charge is 0.282 e. The fourth-order valence-electron chi connectivity index (χ4n) is 3.25. The summed E-state index contributed by atoms with van der Waals surface area (Å²) in [6, 6.07) is 6.65. The number of benzene rings is 1. The van der Waals surface area contributed by atoms with Crippen LogP contribution in [0.2, 0.25) is 0 Å². The van der Waals surface area contributed by atoms with E-state index in [9.17, 15) is 12.8 Å². The number of nitrogens with zero attached hydrogens (tertiary/aromatic N) is 3. The number of hydrogen-bond donors (Lipinski definition) is 0. The van der Waals surface area contributed by atoms with Crippen molar-refractivity contribution in [2.45, 2.75) is 19.8 Å². The van der Waals surface area contributed by atoms with Gasteiger partial charge in [-0.15, -0.1) is 0 Å². The Morgan fingerprint density at radius 2 is 1.52 bits per heavy atom. The first-order valence-corrected chi connectivity index (χ1v) is 9.63. The number of para-hydroxylation sites is 1.